The quantitative estimate of drug-likeness (QED) is 0.279. The predicted octanol–water partition coefficient (Wildman–Crippen LogP) is 5.59. The van der Waals surface area contributed by atoms with Crippen LogP contribution in [0.25, 0.3) is 10.2 Å². The molecule has 32 heavy (non-hydrogen) atoms. The minimum Gasteiger partial charge on any atom is -0.493 e. The van der Waals surface area contributed by atoms with Crippen LogP contribution in [0.5, 0.6) is 17.2 Å². The summed E-state index contributed by atoms with van der Waals surface area (Å²) in [5.41, 5.74) is 0.958. The van der Waals surface area contributed by atoms with E-state index in [2.05, 4.69) is 10.3 Å². The molecular weight excluding hydrogens is 454 g/mol. The molecular formula is C22H16ClN3O5S. The van der Waals surface area contributed by atoms with Gasteiger partial charge in [0.15, 0.2) is 11.5 Å². The van der Waals surface area contributed by atoms with Crippen molar-refractivity contribution in [2.24, 2.45) is 0 Å². The van der Waals surface area contributed by atoms with Gasteiger partial charge in [0.25, 0.3) is 5.91 Å². The van der Waals surface area contributed by atoms with E-state index in [9.17, 15) is 14.9 Å². The molecule has 0 aliphatic heterocycles. The lowest BCUT2D eigenvalue weighted by molar-refractivity contribution is -0.385. The van der Waals surface area contributed by atoms with Crippen LogP contribution < -0.4 is 14.8 Å². The van der Waals surface area contributed by atoms with Gasteiger partial charge in [-0.25, -0.2) is 4.98 Å². The largest absolute Gasteiger partial charge is 0.493 e. The molecule has 3 aromatic carbocycles. The first kappa shape index (κ1) is 21.5. The molecule has 4 aromatic rings. The van der Waals surface area contributed by atoms with E-state index >= 15 is 0 Å². The molecule has 0 aliphatic carbocycles. The van der Waals surface area contributed by atoms with E-state index in [0.29, 0.717) is 5.56 Å². The summed E-state index contributed by atoms with van der Waals surface area (Å²) in [6.45, 7) is 0.287. The summed E-state index contributed by atoms with van der Waals surface area (Å²) < 4.78 is 12.1. The highest BCUT2D eigenvalue weighted by atomic mass is 35.5. The van der Waals surface area contributed by atoms with Gasteiger partial charge in [-0.3, -0.25) is 14.9 Å². The van der Waals surface area contributed by atoms with E-state index in [0.717, 1.165) is 15.2 Å². The van der Waals surface area contributed by atoms with Crippen LogP contribution in [0, 0.1) is 10.1 Å². The van der Waals surface area contributed by atoms with Crippen molar-refractivity contribution in [2.75, 3.05) is 7.11 Å². The topological polar surface area (TPSA) is 104 Å². The normalized spacial score (nSPS) is 10.7. The third kappa shape index (κ3) is 4.63. The van der Waals surface area contributed by atoms with Crippen LogP contribution in [0.2, 0.25) is 5.02 Å². The fourth-order valence-electron chi connectivity index (χ4n) is 2.98. The lowest BCUT2D eigenvalue weighted by atomic mass is 10.2. The second kappa shape index (κ2) is 9.21. The average molecular weight is 470 g/mol. The van der Waals surface area contributed by atoms with Crippen molar-refractivity contribution in [3.63, 3.8) is 0 Å². The number of halogens is 1. The fourth-order valence-corrected chi connectivity index (χ4v) is 4.06. The molecule has 10 heteroatoms. The Morgan fingerprint density at radius 2 is 1.91 bits per heavy atom. The number of nitrogens with one attached hydrogen (secondary N) is 1. The zero-order valence-corrected chi connectivity index (χ0v) is 18.3. The molecule has 1 amide bonds. The van der Waals surface area contributed by atoms with Gasteiger partial charge in [0, 0.05) is 16.7 Å². The summed E-state index contributed by atoms with van der Waals surface area (Å²) in [7, 11) is 1.42. The summed E-state index contributed by atoms with van der Waals surface area (Å²) in [5.74, 6) is 0.167. The van der Waals surface area contributed by atoms with Crippen LogP contribution in [0.15, 0.2) is 60.7 Å². The SMILES string of the molecule is COc1cc(C(=O)NCc2nc3ccccc3s2)ccc1Oc1ccc(Cl)cc1[N+](=O)[O-]. The number of fused-ring (bicyclic) bond motifs is 1. The number of ether oxygens (including phenoxy) is 2. The van der Waals surface area contributed by atoms with Gasteiger partial charge in [0.2, 0.25) is 5.75 Å². The molecule has 1 heterocycles. The monoisotopic (exact) mass is 469 g/mol. The predicted molar refractivity (Wildman–Crippen MR) is 122 cm³/mol. The van der Waals surface area contributed by atoms with E-state index in [1.807, 2.05) is 24.3 Å². The zero-order valence-electron chi connectivity index (χ0n) is 16.7. The Morgan fingerprint density at radius 1 is 1.12 bits per heavy atom. The van der Waals surface area contributed by atoms with Gasteiger partial charge in [-0.2, -0.15) is 0 Å². The van der Waals surface area contributed by atoms with Crippen LogP contribution in [0.4, 0.5) is 5.69 Å². The molecule has 162 valence electrons. The summed E-state index contributed by atoms with van der Waals surface area (Å²) >= 11 is 7.36. The summed E-state index contributed by atoms with van der Waals surface area (Å²) in [6, 6.07) is 16.4. The first-order chi connectivity index (χ1) is 15.4. The third-order valence-corrected chi connectivity index (χ3v) is 5.77. The van der Waals surface area contributed by atoms with Gasteiger partial charge < -0.3 is 14.8 Å². The van der Waals surface area contributed by atoms with Gasteiger partial charge in [-0.15, -0.1) is 11.3 Å². The number of amides is 1. The van der Waals surface area contributed by atoms with Crippen molar-refractivity contribution < 1.29 is 19.2 Å². The number of rotatable bonds is 7. The molecule has 1 aromatic heterocycles. The van der Waals surface area contributed by atoms with Crippen LogP contribution in [0.1, 0.15) is 15.4 Å². The standard InChI is InChI=1S/C22H16ClN3O5S/c1-30-19-10-13(22(27)24-12-21-25-15-4-2-3-5-20(15)32-21)6-8-18(19)31-17-9-7-14(23)11-16(17)26(28)29/h2-11H,12H2,1H3,(H,24,27). The molecule has 0 aliphatic rings. The highest BCUT2D eigenvalue weighted by Crippen LogP contribution is 2.38. The third-order valence-electron chi connectivity index (χ3n) is 4.50. The Bertz CT molecular complexity index is 1290. The first-order valence-corrected chi connectivity index (χ1v) is 10.6. The van der Waals surface area contributed by atoms with E-state index < -0.39 is 4.92 Å². The molecule has 0 spiro atoms. The van der Waals surface area contributed by atoms with E-state index in [4.69, 9.17) is 21.1 Å². The number of nitro benzene ring substituents is 1. The number of hydrogen-bond acceptors (Lipinski definition) is 7. The number of thiazole rings is 1. The number of para-hydroxylation sites is 1. The van der Waals surface area contributed by atoms with Crippen molar-refractivity contribution in [1.29, 1.82) is 0 Å². The summed E-state index contributed by atoms with van der Waals surface area (Å²) in [6.07, 6.45) is 0. The molecule has 0 unspecified atom stereocenters. The van der Waals surface area contributed by atoms with Crippen molar-refractivity contribution in [1.82, 2.24) is 10.3 Å². The van der Waals surface area contributed by atoms with E-state index in [1.165, 1.54) is 48.8 Å². The number of aromatic nitrogens is 1. The molecule has 0 saturated heterocycles. The van der Waals surface area contributed by atoms with Gasteiger partial charge in [0.1, 0.15) is 5.01 Å². The summed E-state index contributed by atoms with van der Waals surface area (Å²) in [5, 5.41) is 15.1. The van der Waals surface area contributed by atoms with Crippen molar-refractivity contribution >= 4 is 44.7 Å². The minimum absolute atomic E-state index is 0.00531. The zero-order chi connectivity index (χ0) is 22.7. The average Bonchev–Trinajstić information content (AvgIpc) is 3.21. The van der Waals surface area contributed by atoms with Gasteiger partial charge >= 0.3 is 5.69 Å². The Balaban J connectivity index is 1.50. The van der Waals surface area contributed by atoms with Gasteiger partial charge in [-0.1, -0.05) is 23.7 Å². The van der Waals surface area contributed by atoms with Crippen LogP contribution >= 0.6 is 22.9 Å². The molecule has 0 atom stereocenters. The number of carbonyl (C=O) groups excluding carboxylic acids is 1. The second-order valence-corrected chi connectivity index (χ2v) is 8.15. The molecule has 0 radical (unpaired) electrons. The fraction of sp³-hybridized carbons (Fsp3) is 0.0909. The maximum absolute atomic E-state index is 12.6. The van der Waals surface area contributed by atoms with Crippen LogP contribution in [-0.4, -0.2) is 22.9 Å². The highest BCUT2D eigenvalue weighted by Gasteiger charge is 2.19. The number of nitro groups is 1. The number of carbonyl (C=O) groups is 1. The number of hydrogen-bond donors (Lipinski definition) is 1. The lowest BCUT2D eigenvalue weighted by Gasteiger charge is -2.12. The van der Waals surface area contributed by atoms with Crippen LogP contribution in [0.3, 0.4) is 0 Å². The van der Waals surface area contributed by atoms with E-state index in [1.54, 1.807) is 6.07 Å². The molecule has 1 N–H and O–H groups in total. The Morgan fingerprint density at radius 3 is 2.66 bits per heavy atom. The molecule has 0 saturated carbocycles. The lowest BCUT2D eigenvalue weighted by Crippen LogP contribution is -2.22. The summed E-state index contributed by atoms with van der Waals surface area (Å²) in [4.78, 5) is 27.8. The maximum atomic E-state index is 12.6. The molecule has 4 rings (SSSR count). The number of methoxy groups -OCH3 is 1. The van der Waals surface area contributed by atoms with Crippen molar-refractivity contribution in [3.8, 4) is 17.2 Å². The van der Waals surface area contributed by atoms with Crippen molar-refractivity contribution in [3.05, 3.63) is 86.4 Å². The molecule has 0 bridgehead atoms. The number of nitrogens with zero attached hydrogens (tertiary/aromatic N) is 2. The first-order valence-electron chi connectivity index (χ1n) is 9.37. The van der Waals surface area contributed by atoms with Crippen LogP contribution in [-0.2, 0) is 6.54 Å². The highest BCUT2D eigenvalue weighted by molar-refractivity contribution is 7.18. The maximum Gasteiger partial charge on any atom is 0.313 e. The Labute approximate surface area is 191 Å². The van der Waals surface area contributed by atoms with Gasteiger partial charge in [0.05, 0.1) is 28.8 Å². The minimum atomic E-state index is -0.586. The van der Waals surface area contributed by atoms with E-state index in [-0.39, 0.29) is 40.4 Å². The number of benzene rings is 3. The molecule has 0 fully saturated rings. The Hall–Kier alpha value is -3.69. The van der Waals surface area contributed by atoms with Gasteiger partial charge in [-0.05, 0) is 42.5 Å². The molecule has 8 nitrogen and oxygen atoms in total. The Kier molecular flexibility index (Phi) is 6.20. The second-order valence-electron chi connectivity index (χ2n) is 6.59. The smallest absolute Gasteiger partial charge is 0.313 e. The van der Waals surface area contributed by atoms with Crippen molar-refractivity contribution in [2.45, 2.75) is 6.54 Å².